The average molecular weight is 433 g/mol. The number of imidazole rings is 1. The highest BCUT2D eigenvalue weighted by Gasteiger charge is 2.33. The van der Waals surface area contributed by atoms with Crippen LogP contribution in [0.25, 0.3) is 49.7 Å². The van der Waals surface area contributed by atoms with Crippen LogP contribution in [-0.4, -0.2) is 18.0 Å². The van der Waals surface area contributed by atoms with Crippen LogP contribution in [0.3, 0.4) is 0 Å². The molecule has 2 heterocycles. The van der Waals surface area contributed by atoms with E-state index in [4.69, 9.17) is 4.98 Å². The number of para-hydroxylation sites is 2. The van der Waals surface area contributed by atoms with Crippen molar-refractivity contribution in [1.82, 2.24) is 9.55 Å². The lowest BCUT2D eigenvalue weighted by Gasteiger charge is -2.21. The Morgan fingerprint density at radius 2 is 1.34 bits per heavy atom. The summed E-state index contributed by atoms with van der Waals surface area (Å²) < 4.78 is 28.8. The fraction of sp³-hybridized carbons (Fsp3) is 0. The van der Waals surface area contributed by atoms with Gasteiger partial charge < -0.3 is 0 Å². The quantitative estimate of drug-likeness (QED) is 0.293. The third-order valence-electron chi connectivity index (χ3n) is 6.33. The van der Waals surface area contributed by atoms with E-state index in [-0.39, 0.29) is 0 Å². The van der Waals surface area contributed by atoms with Crippen molar-refractivity contribution in [2.24, 2.45) is 0 Å². The van der Waals surface area contributed by atoms with E-state index < -0.39 is 9.84 Å². The Kier molecular flexibility index (Phi) is 3.35. The molecule has 0 atom stereocenters. The number of rotatable bonds is 1. The maximum absolute atomic E-state index is 13.4. The highest BCUT2D eigenvalue weighted by molar-refractivity contribution is 7.92. The van der Waals surface area contributed by atoms with Gasteiger partial charge >= 0.3 is 0 Å². The summed E-state index contributed by atoms with van der Waals surface area (Å²) in [6.07, 6.45) is 0. The summed E-state index contributed by atoms with van der Waals surface area (Å²) in [5.74, 6) is 0.747. The van der Waals surface area contributed by atoms with Crippen molar-refractivity contribution in [2.75, 3.05) is 0 Å². The van der Waals surface area contributed by atoms with Crippen molar-refractivity contribution >= 4 is 42.4 Å². The van der Waals surface area contributed by atoms with Gasteiger partial charge in [-0.25, -0.2) is 13.4 Å². The molecular formula is C27H16N2O2S. The molecule has 0 spiro atoms. The number of nitrogens with zero attached hydrogens (tertiary/aromatic N) is 2. The molecule has 0 N–H and O–H groups in total. The van der Waals surface area contributed by atoms with Crippen LogP contribution < -0.4 is 0 Å². The lowest BCUT2D eigenvalue weighted by Crippen LogP contribution is -2.14. The van der Waals surface area contributed by atoms with Gasteiger partial charge in [0.05, 0.1) is 26.5 Å². The van der Waals surface area contributed by atoms with Crippen LogP contribution in [0, 0.1) is 0 Å². The third-order valence-corrected chi connectivity index (χ3v) is 8.17. The van der Waals surface area contributed by atoms with Gasteiger partial charge in [-0.1, -0.05) is 66.7 Å². The first-order valence-corrected chi connectivity index (χ1v) is 11.9. The smallest absolute Gasteiger partial charge is 0.210 e. The molecule has 4 nitrogen and oxygen atoms in total. The Morgan fingerprint density at radius 3 is 2.22 bits per heavy atom. The summed E-state index contributed by atoms with van der Waals surface area (Å²) in [6, 6.07) is 31.3. The van der Waals surface area contributed by atoms with Crippen molar-refractivity contribution in [3.05, 3.63) is 97.1 Å². The summed E-state index contributed by atoms with van der Waals surface area (Å²) in [4.78, 5) is 5.59. The van der Waals surface area contributed by atoms with Gasteiger partial charge in [-0.3, -0.25) is 4.57 Å². The molecule has 0 saturated heterocycles. The fourth-order valence-corrected chi connectivity index (χ4v) is 6.59. The molecule has 5 heteroatoms. The van der Waals surface area contributed by atoms with Crippen LogP contribution in [-0.2, 0) is 9.84 Å². The van der Waals surface area contributed by atoms with Crippen molar-refractivity contribution in [3.63, 3.8) is 0 Å². The van der Waals surface area contributed by atoms with Crippen LogP contribution in [0.2, 0.25) is 0 Å². The molecule has 1 aliphatic heterocycles. The molecule has 1 aliphatic rings. The molecule has 1 aromatic heterocycles. The normalized spacial score (nSPS) is 14.1. The largest absolute Gasteiger partial charge is 0.290 e. The van der Waals surface area contributed by atoms with E-state index in [0.717, 1.165) is 27.5 Å². The number of fused-ring (bicyclic) bond motifs is 5. The van der Waals surface area contributed by atoms with Crippen molar-refractivity contribution in [1.29, 1.82) is 0 Å². The molecule has 0 aliphatic carbocycles. The van der Waals surface area contributed by atoms with Crippen LogP contribution in [0.4, 0.5) is 0 Å². The lowest BCUT2D eigenvalue weighted by atomic mass is 9.97. The zero-order chi connectivity index (χ0) is 21.4. The van der Waals surface area contributed by atoms with Crippen LogP contribution >= 0.6 is 0 Å². The molecule has 0 saturated carbocycles. The molecule has 0 bridgehead atoms. The highest BCUT2D eigenvalue weighted by Crippen LogP contribution is 2.43. The maximum atomic E-state index is 13.4. The van der Waals surface area contributed by atoms with Crippen LogP contribution in [0.5, 0.6) is 0 Å². The molecule has 0 fully saturated rings. The van der Waals surface area contributed by atoms with Gasteiger partial charge in [-0.15, -0.1) is 0 Å². The molecular weight excluding hydrogens is 416 g/mol. The van der Waals surface area contributed by atoms with Gasteiger partial charge in [0.15, 0.2) is 0 Å². The Bertz CT molecular complexity index is 1850. The lowest BCUT2D eigenvalue weighted by molar-refractivity contribution is 0.594. The Morgan fingerprint density at radius 1 is 0.656 bits per heavy atom. The SMILES string of the molecule is O=S1(=O)c2ccccc2-n2c(-c3cc4ccccc4c4ccccc34)nc3cccc1c32. The van der Waals surface area contributed by atoms with Crippen molar-refractivity contribution in [2.45, 2.75) is 9.79 Å². The molecule has 152 valence electrons. The molecule has 32 heavy (non-hydrogen) atoms. The first kappa shape index (κ1) is 17.7. The van der Waals surface area contributed by atoms with E-state index in [9.17, 15) is 8.42 Å². The van der Waals surface area contributed by atoms with Gasteiger partial charge in [-0.05, 0) is 51.9 Å². The summed E-state index contributed by atoms with van der Waals surface area (Å²) >= 11 is 0. The van der Waals surface area contributed by atoms with Gasteiger partial charge in [-0.2, -0.15) is 0 Å². The second-order valence-electron chi connectivity index (χ2n) is 8.06. The number of aromatic nitrogens is 2. The average Bonchev–Trinajstić information content (AvgIpc) is 3.22. The minimum atomic E-state index is -3.61. The molecule has 7 rings (SSSR count). The summed E-state index contributed by atoms with van der Waals surface area (Å²) in [5.41, 5.74) is 2.93. The van der Waals surface area contributed by atoms with Crippen LogP contribution in [0.15, 0.2) is 107 Å². The predicted molar refractivity (Wildman–Crippen MR) is 127 cm³/mol. The van der Waals surface area contributed by atoms with Gasteiger partial charge in [0, 0.05) is 5.56 Å². The number of benzene rings is 5. The summed E-state index contributed by atoms with van der Waals surface area (Å²) in [5, 5.41) is 4.55. The molecule has 0 radical (unpaired) electrons. The first-order valence-electron chi connectivity index (χ1n) is 10.4. The molecule has 0 amide bonds. The number of hydrogen-bond donors (Lipinski definition) is 0. The standard InChI is InChI=1S/C27H16N2O2S/c30-32(31)24-14-6-5-13-23(24)29-26-22(12-7-15-25(26)32)28-27(29)21-16-17-8-1-2-9-18(17)19-10-3-4-11-20(19)21/h1-16H. The zero-order valence-electron chi connectivity index (χ0n) is 16.9. The topological polar surface area (TPSA) is 52.0 Å². The van der Waals surface area contributed by atoms with E-state index in [1.54, 1.807) is 24.3 Å². The predicted octanol–water partition coefficient (Wildman–Crippen LogP) is 6.15. The Hall–Kier alpha value is -3.96. The third kappa shape index (κ3) is 2.16. The van der Waals surface area contributed by atoms with Gasteiger partial charge in [0.2, 0.25) is 9.84 Å². The monoisotopic (exact) mass is 432 g/mol. The van der Waals surface area contributed by atoms with Crippen molar-refractivity contribution < 1.29 is 8.42 Å². The van der Waals surface area contributed by atoms with E-state index >= 15 is 0 Å². The van der Waals surface area contributed by atoms with E-state index in [0.29, 0.717) is 26.5 Å². The highest BCUT2D eigenvalue weighted by atomic mass is 32.2. The van der Waals surface area contributed by atoms with Gasteiger partial charge in [0.25, 0.3) is 0 Å². The molecule has 0 unspecified atom stereocenters. The van der Waals surface area contributed by atoms with E-state index in [1.165, 1.54) is 5.39 Å². The number of sulfone groups is 1. The van der Waals surface area contributed by atoms with Crippen molar-refractivity contribution in [3.8, 4) is 17.1 Å². The first-order chi connectivity index (χ1) is 15.6. The fourth-order valence-electron chi connectivity index (χ4n) is 4.95. The minimum Gasteiger partial charge on any atom is -0.290 e. The Balaban J connectivity index is 1.71. The summed E-state index contributed by atoms with van der Waals surface area (Å²) in [7, 11) is -3.61. The second kappa shape index (κ2) is 6.05. The minimum absolute atomic E-state index is 0.303. The van der Waals surface area contributed by atoms with Gasteiger partial charge in [0.1, 0.15) is 5.82 Å². The maximum Gasteiger partial charge on any atom is 0.210 e. The van der Waals surface area contributed by atoms with Crippen LogP contribution in [0.1, 0.15) is 0 Å². The molecule has 6 aromatic rings. The van der Waals surface area contributed by atoms with E-state index in [2.05, 4.69) is 36.4 Å². The summed E-state index contributed by atoms with van der Waals surface area (Å²) in [6.45, 7) is 0. The number of hydrogen-bond acceptors (Lipinski definition) is 3. The zero-order valence-corrected chi connectivity index (χ0v) is 17.7. The van der Waals surface area contributed by atoms with E-state index in [1.807, 2.05) is 41.0 Å². The second-order valence-corrected chi connectivity index (χ2v) is 9.94. The Labute approximate surface area is 184 Å². The molecule has 5 aromatic carbocycles.